The predicted octanol–water partition coefficient (Wildman–Crippen LogP) is 1.97. The number of hydrogen-bond donors (Lipinski definition) is 1. The molecule has 0 radical (unpaired) electrons. The number of nitrogens with zero attached hydrogens (tertiary/aromatic N) is 4. The fourth-order valence-electron chi connectivity index (χ4n) is 2.85. The third-order valence-electron chi connectivity index (χ3n) is 4.15. The van der Waals surface area contributed by atoms with Gasteiger partial charge in [0.05, 0.1) is 5.69 Å². The summed E-state index contributed by atoms with van der Waals surface area (Å²) in [6.45, 7) is 2.21. The van der Waals surface area contributed by atoms with E-state index in [1.807, 2.05) is 18.2 Å². The van der Waals surface area contributed by atoms with E-state index in [0.29, 0.717) is 11.5 Å². The molecule has 1 aromatic carbocycles. The molecule has 1 aliphatic rings. The first kappa shape index (κ1) is 13.7. The molecule has 0 saturated heterocycles. The van der Waals surface area contributed by atoms with Crippen LogP contribution in [-0.2, 0) is 0 Å². The van der Waals surface area contributed by atoms with Gasteiger partial charge >= 0.3 is 0 Å². The van der Waals surface area contributed by atoms with Gasteiger partial charge in [0.1, 0.15) is 6.33 Å². The second-order valence-corrected chi connectivity index (χ2v) is 5.65. The third kappa shape index (κ3) is 3.09. The number of amides is 1. The van der Waals surface area contributed by atoms with Crippen molar-refractivity contribution in [2.45, 2.75) is 38.6 Å². The molecule has 6 nitrogen and oxygen atoms in total. The molecule has 0 aliphatic heterocycles. The molecule has 0 unspecified atom stereocenters. The zero-order valence-electron chi connectivity index (χ0n) is 12.1. The number of hydrogen-bond acceptors (Lipinski definition) is 4. The van der Waals surface area contributed by atoms with E-state index < -0.39 is 0 Å². The topological polar surface area (TPSA) is 72.7 Å². The van der Waals surface area contributed by atoms with Crippen LogP contribution in [0.15, 0.2) is 30.6 Å². The van der Waals surface area contributed by atoms with E-state index in [2.05, 4.69) is 27.8 Å². The van der Waals surface area contributed by atoms with E-state index in [9.17, 15) is 4.79 Å². The van der Waals surface area contributed by atoms with Gasteiger partial charge in [-0.05, 0) is 47.4 Å². The number of carbonyl (C=O) groups excluding carboxylic acids is 1. The van der Waals surface area contributed by atoms with Crippen LogP contribution in [0.2, 0.25) is 0 Å². The van der Waals surface area contributed by atoms with E-state index in [1.54, 1.807) is 10.7 Å². The summed E-state index contributed by atoms with van der Waals surface area (Å²) in [6, 6.07) is 7.62. The standard InChI is InChI=1S/C15H19N5O/c1-11-5-2-3-8-14(11)17-15(21)12-6-4-7-13(9-12)20-10-16-18-19-20/h4,6-7,9-11,14H,2-3,5,8H2,1H3,(H,17,21)/t11-,14-/m1/s1. The Morgan fingerprint density at radius 2 is 2.19 bits per heavy atom. The smallest absolute Gasteiger partial charge is 0.251 e. The lowest BCUT2D eigenvalue weighted by Gasteiger charge is -2.29. The molecule has 1 saturated carbocycles. The van der Waals surface area contributed by atoms with Gasteiger partial charge in [-0.1, -0.05) is 25.8 Å². The molecule has 3 rings (SSSR count). The second kappa shape index (κ2) is 6.03. The molecule has 1 amide bonds. The van der Waals surface area contributed by atoms with Crippen molar-refractivity contribution in [1.82, 2.24) is 25.5 Å². The van der Waals surface area contributed by atoms with Gasteiger partial charge in [-0.3, -0.25) is 4.79 Å². The molecule has 110 valence electrons. The molecule has 0 bridgehead atoms. The van der Waals surface area contributed by atoms with E-state index in [-0.39, 0.29) is 11.9 Å². The quantitative estimate of drug-likeness (QED) is 0.935. The molecule has 2 aromatic rings. The number of rotatable bonds is 3. The minimum Gasteiger partial charge on any atom is -0.349 e. The lowest BCUT2D eigenvalue weighted by Crippen LogP contribution is -2.41. The maximum atomic E-state index is 12.4. The summed E-state index contributed by atoms with van der Waals surface area (Å²) >= 11 is 0. The zero-order chi connectivity index (χ0) is 14.7. The van der Waals surface area contributed by atoms with Gasteiger partial charge in [0.25, 0.3) is 5.91 Å². The number of carbonyl (C=O) groups is 1. The van der Waals surface area contributed by atoms with Crippen molar-refractivity contribution < 1.29 is 4.79 Å². The minimum atomic E-state index is -0.0244. The molecule has 6 heteroatoms. The molecule has 2 atom stereocenters. The Morgan fingerprint density at radius 1 is 1.33 bits per heavy atom. The van der Waals surface area contributed by atoms with Gasteiger partial charge in [-0.2, -0.15) is 0 Å². The maximum Gasteiger partial charge on any atom is 0.251 e. The van der Waals surface area contributed by atoms with Crippen LogP contribution in [0.5, 0.6) is 0 Å². The first-order chi connectivity index (χ1) is 10.2. The number of benzene rings is 1. The Bertz CT molecular complexity index is 610. The fourth-order valence-corrected chi connectivity index (χ4v) is 2.85. The number of nitrogens with one attached hydrogen (secondary N) is 1. The summed E-state index contributed by atoms with van der Waals surface area (Å²) in [6.07, 6.45) is 6.23. The molecular formula is C15H19N5O. The minimum absolute atomic E-state index is 0.0244. The van der Waals surface area contributed by atoms with Crippen LogP contribution >= 0.6 is 0 Å². The second-order valence-electron chi connectivity index (χ2n) is 5.65. The maximum absolute atomic E-state index is 12.4. The van der Waals surface area contributed by atoms with E-state index in [4.69, 9.17) is 0 Å². The Morgan fingerprint density at radius 3 is 2.95 bits per heavy atom. The zero-order valence-corrected chi connectivity index (χ0v) is 12.1. The summed E-state index contributed by atoms with van der Waals surface area (Å²) < 4.78 is 1.54. The first-order valence-electron chi connectivity index (χ1n) is 7.38. The molecule has 0 spiro atoms. The Hall–Kier alpha value is -2.24. The molecule has 21 heavy (non-hydrogen) atoms. The van der Waals surface area contributed by atoms with Crippen LogP contribution < -0.4 is 5.32 Å². The van der Waals surface area contributed by atoms with Gasteiger partial charge in [0.2, 0.25) is 0 Å². The van der Waals surface area contributed by atoms with E-state index in [1.165, 1.54) is 25.6 Å². The van der Waals surface area contributed by atoms with Crippen molar-refractivity contribution in [2.75, 3.05) is 0 Å². The molecule has 1 fully saturated rings. The molecule has 1 N–H and O–H groups in total. The lowest BCUT2D eigenvalue weighted by atomic mass is 9.86. The normalized spacial score (nSPS) is 22.0. The molecular weight excluding hydrogens is 266 g/mol. The van der Waals surface area contributed by atoms with Crippen molar-refractivity contribution in [3.63, 3.8) is 0 Å². The van der Waals surface area contributed by atoms with Crippen LogP contribution in [-0.4, -0.2) is 32.2 Å². The van der Waals surface area contributed by atoms with E-state index >= 15 is 0 Å². The monoisotopic (exact) mass is 285 g/mol. The van der Waals surface area contributed by atoms with Crippen LogP contribution in [0, 0.1) is 5.92 Å². The first-order valence-corrected chi connectivity index (χ1v) is 7.38. The molecule has 1 heterocycles. The lowest BCUT2D eigenvalue weighted by molar-refractivity contribution is 0.0910. The van der Waals surface area contributed by atoms with Crippen molar-refractivity contribution in [2.24, 2.45) is 5.92 Å². The summed E-state index contributed by atoms with van der Waals surface area (Å²) in [5, 5.41) is 14.2. The van der Waals surface area contributed by atoms with Crippen molar-refractivity contribution in [3.8, 4) is 5.69 Å². The van der Waals surface area contributed by atoms with Gasteiger partial charge in [-0.15, -0.1) is 5.10 Å². The summed E-state index contributed by atoms with van der Waals surface area (Å²) in [5.41, 5.74) is 1.42. The predicted molar refractivity (Wildman–Crippen MR) is 78.0 cm³/mol. The van der Waals surface area contributed by atoms with Crippen LogP contribution in [0.1, 0.15) is 43.0 Å². The number of tetrazole rings is 1. The van der Waals surface area contributed by atoms with Gasteiger partial charge in [0.15, 0.2) is 0 Å². The van der Waals surface area contributed by atoms with Gasteiger partial charge in [0, 0.05) is 11.6 Å². The van der Waals surface area contributed by atoms with Crippen LogP contribution in [0.3, 0.4) is 0 Å². The Labute approximate surface area is 123 Å². The van der Waals surface area contributed by atoms with E-state index in [0.717, 1.165) is 12.1 Å². The Balaban J connectivity index is 1.74. The fraction of sp³-hybridized carbons (Fsp3) is 0.467. The average Bonchev–Trinajstić information content (AvgIpc) is 3.04. The Kier molecular flexibility index (Phi) is 3.94. The van der Waals surface area contributed by atoms with Gasteiger partial charge < -0.3 is 5.32 Å². The highest BCUT2D eigenvalue weighted by Gasteiger charge is 2.23. The average molecular weight is 285 g/mol. The summed E-state index contributed by atoms with van der Waals surface area (Å²) in [4.78, 5) is 12.4. The van der Waals surface area contributed by atoms with Gasteiger partial charge in [-0.25, -0.2) is 4.68 Å². The molecule has 1 aromatic heterocycles. The highest BCUT2D eigenvalue weighted by Crippen LogP contribution is 2.24. The third-order valence-corrected chi connectivity index (χ3v) is 4.15. The van der Waals surface area contributed by atoms with Crippen LogP contribution in [0.25, 0.3) is 5.69 Å². The summed E-state index contributed by atoms with van der Waals surface area (Å²) in [7, 11) is 0. The largest absolute Gasteiger partial charge is 0.349 e. The number of aromatic nitrogens is 4. The van der Waals surface area contributed by atoms with Crippen LogP contribution in [0.4, 0.5) is 0 Å². The van der Waals surface area contributed by atoms with Crippen molar-refractivity contribution in [3.05, 3.63) is 36.2 Å². The summed E-state index contributed by atoms with van der Waals surface area (Å²) in [5.74, 6) is 0.522. The SMILES string of the molecule is C[C@@H]1CCCC[C@H]1NC(=O)c1cccc(-n2cnnn2)c1. The molecule has 1 aliphatic carbocycles. The highest BCUT2D eigenvalue weighted by atomic mass is 16.1. The van der Waals surface area contributed by atoms with Crippen molar-refractivity contribution >= 4 is 5.91 Å². The highest BCUT2D eigenvalue weighted by molar-refractivity contribution is 5.94. The van der Waals surface area contributed by atoms with Crippen molar-refractivity contribution in [1.29, 1.82) is 0 Å².